The van der Waals surface area contributed by atoms with E-state index in [1.165, 1.54) is 48.8 Å². The standard InChI is InChI=1S/2C14H13N3O3.Ni/c2*1-10-3-2-4-12(16-10)9-15-8-11-7-13(17(19)20)5-6-14(11)18;/h2*2-8,18H,9H2,1H3;. The number of non-ortho nitro benzene ring substituents is 2. The number of aliphatic imine (C=N–C) groups is 2. The van der Waals surface area contributed by atoms with Gasteiger partial charge in [-0.3, -0.25) is 40.2 Å². The summed E-state index contributed by atoms with van der Waals surface area (Å²) in [4.78, 5) is 37.2. The molecule has 0 fully saturated rings. The maximum absolute atomic E-state index is 10.7. The Morgan fingerprint density at radius 2 is 1.10 bits per heavy atom. The van der Waals surface area contributed by atoms with Crippen LogP contribution < -0.4 is 0 Å². The van der Waals surface area contributed by atoms with E-state index in [-0.39, 0.29) is 39.4 Å². The van der Waals surface area contributed by atoms with Crippen molar-refractivity contribution in [2.45, 2.75) is 26.9 Å². The summed E-state index contributed by atoms with van der Waals surface area (Å²) in [6.07, 6.45) is 2.82. The van der Waals surface area contributed by atoms with E-state index in [2.05, 4.69) is 20.0 Å². The number of phenols is 2. The molecule has 0 aliphatic rings. The molecule has 41 heavy (non-hydrogen) atoms. The van der Waals surface area contributed by atoms with Gasteiger partial charge in [0.2, 0.25) is 0 Å². The van der Waals surface area contributed by atoms with Gasteiger partial charge in [0, 0.05) is 75.7 Å². The van der Waals surface area contributed by atoms with Crippen LogP contribution >= 0.6 is 0 Å². The van der Waals surface area contributed by atoms with Crippen LogP contribution in [0.25, 0.3) is 0 Å². The van der Waals surface area contributed by atoms with Crippen molar-refractivity contribution < 1.29 is 36.6 Å². The predicted octanol–water partition coefficient (Wildman–Crippen LogP) is 5.24. The second-order valence-electron chi connectivity index (χ2n) is 8.48. The van der Waals surface area contributed by atoms with Crippen molar-refractivity contribution in [1.29, 1.82) is 0 Å². The first kappa shape index (κ1) is 32.2. The Balaban J connectivity index is 0.000000280. The number of hydrogen-bond acceptors (Lipinski definition) is 10. The minimum atomic E-state index is -0.515. The van der Waals surface area contributed by atoms with Gasteiger partial charge in [-0.05, 0) is 50.2 Å². The number of aromatic nitrogens is 2. The molecule has 0 bridgehead atoms. The van der Waals surface area contributed by atoms with Gasteiger partial charge in [-0.2, -0.15) is 0 Å². The molecule has 0 amide bonds. The Kier molecular flexibility index (Phi) is 12.2. The number of aromatic hydroxyl groups is 2. The summed E-state index contributed by atoms with van der Waals surface area (Å²) in [6, 6.07) is 18.9. The smallest absolute Gasteiger partial charge is 0.270 e. The van der Waals surface area contributed by atoms with E-state index in [0.29, 0.717) is 24.2 Å². The number of nitro groups is 2. The van der Waals surface area contributed by atoms with Crippen molar-refractivity contribution in [1.82, 2.24) is 9.97 Å². The van der Waals surface area contributed by atoms with E-state index in [1.807, 2.05) is 50.2 Å². The van der Waals surface area contributed by atoms with Gasteiger partial charge in [-0.15, -0.1) is 0 Å². The van der Waals surface area contributed by atoms with Crippen LogP contribution in [0.1, 0.15) is 33.9 Å². The average Bonchev–Trinajstić information content (AvgIpc) is 2.91. The van der Waals surface area contributed by atoms with E-state index in [1.54, 1.807) is 0 Å². The molecule has 0 aliphatic heterocycles. The minimum absolute atomic E-state index is 0. The zero-order chi connectivity index (χ0) is 29.1. The average molecular weight is 601 g/mol. The molecule has 0 radical (unpaired) electrons. The molecule has 2 N–H and O–H groups in total. The fourth-order valence-corrected chi connectivity index (χ4v) is 3.37. The summed E-state index contributed by atoms with van der Waals surface area (Å²) in [5.74, 6) is -0.0897. The summed E-state index contributed by atoms with van der Waals surface area (Å²) in [5.41, 5.74) is 3.85. The molecule has 12 nitrogen and oxygen atoms in total. The van der Waals surface area contributed by atoms with Crippen LogP contribution in [0.4, 0.5) is 11.4 Å². The van der Waals surface area contributed by atoms with Crippen molar-refractivity contribution in [3.8, 4) is 11.5 Å². The number of nitrogens with zero attached hydrogens (tertiary/aromatic N) is 6. The molecule has 0 saturated carbocycles. The second kappa shape index (κ2) is 15.5. The first-order valence-electron chi connectivity index (χ1n) is 11.9. The summed E-state index contributed by atoms with van der Waals surface area (Å²) in [6.45, 7) is 4.48. The number of hydrogen-bond donors (Lipinski definition) is 2. The SMILES string of the molecule is Cc1cccc(CN=Cc2cc([N+](=O)[O-])ccc2O)n1.Cc1cccc(CN=Cc2cc([N+](=O)[O-])ccc2O)n1.[Ni]. The molecule has 13 heteroatoms. The largest absolute Gasteiger partial charge is 0.507 e. The van der Waals surface area contributed by atoms with Crippen molar-refractivity contribution in [3.05, 3.63) is 127 Å². The summed E-state index contributed by atoms with van der Waals surface area (Å²) in [5, 5.41) is 40.6. The zero-order valence-corrected chi connectivity index (χ0v) is 23.0. The molecule has 4 aromatic rings. The van der Waals surface area contributed by atoms with Gasteiger partial charge in [0.25, 0.3) is 11.4 Å². The van der Waals surface area contributed by atoms with Gasteiger partial charge >= 0.3 is 0 Å². The molecule has 2 heterocycles. The van der Waals surface area contributed by atoms with E-state index in [4.69, 9.17) is 0 Å². The van der Waals surface area contributed by atoms with E-state index >= 15 is 0 Å². The number of rotatable bonds is 8. The Labute approximate surface area is 245 Å². The first-order valence-corrected chi connectivity index (χ1v) is 11.9. The third kappa shape index (κ3) is 10.2. The van der Waals surface area contributed by atoms with Crippen molar-refractivity contribution in [2.24, 2.45) is 9.98 Å². The predicted molar refractivity (Wildman–Crippen MR) is 150 cm³/mol. The summed E-state index contributed by atoms with van der Waals surface area (Å²) < 4.78 is 0. The quantitative estimate of drug-likeness (QED) is 0.119. The molecule has 2 aromatic carbocycles. The van der Waals surface area contributed by atoms with Gasteiger partial charge in [0.15, 0.2) is 0 Å². The van der Waals surface area contributed by atoms with Gasteiger partial charge in [-0.25, -0.2) is 0 Å². The summed E-state index contributed by atoms with van der Waals surface area (Å²) in [7, 11) is 0. The van der Waals surface area contributed by atoms with E-state index in [0.717, 1.165) is 22.8 Å². The molecule has 0 spiro atoms. The van der Waals surface area contributed by atoms with Crippen LogP contribution in [0.5, 0.6) is 11.5 Å². The number of pyridine rings is 2. The number of nitro benzene ring substituents is 2. The monoisotopic (exact) mass is 600 g/mol. The van der Waals surface area contributed by atoms with Crippen LogP contribution in [0.2, 0.25) is 0 Å². The summed E-state index contributed by atoms with van der Waals surface area (Å²) >= 11 is 0. The number of phenolic OH excluding ortho intramolecular Hbond substituents is 2. The maximum atomic E-state index is 10.7. The molecule has 0 atom stereocenters. The van der Waals surface area contributed by atoms with Crippen molar-refractivity contribution in [2.75, 3.05) is 0 Å². The van der Waals surface area contributed by atoms with Crippen LogP contribution in [0, 0.1) is 34.1 Å². The van der Waals surface area contributed by atoms with Gasteiger partial charge < -0.3 is 10.2 Å². The molecule has 214 valence electrons. The van der Waals surface area contributed by atoms with Crippen LogP contribution in [0.15, 0.2) is 82.8 Å². The normalized spacial score (nSPS) is 10.6. The van der Waals surface area contributed by atoms with Crippen molar-refractivity contribution >= 4 is 23.8 Å². The Morgan fingerprint density at radius 3 is 1.44 bits per heavy atom. The third-order valence-corrected chi connectivity index (χ3v) is 5.30. The Hall–Kier alpha value is -5.03. The first-order chi connectivity index (χ1) is 19.1. The van der Waals surface area contributed by atoms with Gasteiger partial charge in [0.05, 0.1) is 34.3 Å². The van der Waals surface area contributed by atoms with Gasteiger partial charge in [0.1, 0.15) is 11.5 Å². The Bertz CT molecular complexity index is 1460. The molecule has 2 aromatic heterocycles. The molecule has 0 unspecified atom stereocenters. The molecule has 0 aliphatic carbocycles. The van der Waals surface area contributed by atoms with Crippen molar-refractivity contribution in [3.63, 3.8) is 0 Å². The van der Waals surface area contributed by atoms with Crippen LogP contribution in [-0.4, -0.2) is 42.5 Å². The molecule has 4 rings (SSSR count). The topological polar surface area (TPSA) is 177 Å². The van der Waals surface area contributed by atoms with E-state index in [9.17, 15) is 30.4 Å². The Morgan fingerprint density at radius 1 is 0.707 bits per heavy atom. The van der Waals surface area contributed by atoms with E-state index < -0.39 is 9.85 Å². The molecular weight excluding hydrogens is 575 g/mol. The maximum Gasteiger partial charge on any atom is 0.270 e. The van der Waals surface area contributed by atoms with Gasteiger partial charge in [-0.1, -0.05) is 12.1 Å². The number of benzene rings is 2. The number of aryl methyl sites for hydroxylation is 2. The van der Waals surface area contributed by atoms with Crippen LogP contribution in [0.3, 0.4) is 0 Å². The molecular formula is C28H26N6NiO6. The molecule has 0 saturated heterocycles. The second-order valence-corrected chi connectivity index (χ2v) is 8.48. The fraction of sp³-hybridized carbons (Fsp3) is 0.143. The fourth-order valence-electron chi connectivity index (χ4n) is 3.37. The third-order valence-electron chi connectivity index (χ3n) is 5.30. The minimum Gasteiger partial charge on any atom is -0.507 e. The zero-order valence-electron chi connectivity index (χ0n) is 22.0. The van der Waals surface area contributed by atoms with Crippen LogP contribution in [-0.2, 0) is 29.6 Å².